The van der Waals surface area contributed by atoms with E-state index in [1.54, 1.807) is 0 Å². The van der Waals surface area contributed by atoms with Gasteiger partial charge in [0.2, 0.25) is 0 Å². The molecule has 3 aliphatic carbocycles. The standard InChI is InChI=1S/C8H8BrCl2F/c9-7(12)3-1-5-6(2-4(3)7)8(5,10)11/h3-6H,1-2H2. The van der Waals surface area contributed by atoms with Crippen LogP contribution in [0.3, 0.4) is 0 Å². The van der Waals surface area contributed by atoms with Crippen LogP contribution in [0.15, 0.2) is 0 Å². The van der Waals surface area contributed by atoms with Gasteiger partial charge in [-0.25, -0.2) is 4.39 Å². The highest BCUT2D eigenvalue weighted by Crippen LogP contribution is 2.77. The Bertz CT molecular complexity index is 207. The molecule has 4 unspecified atom stereocenters. The van der Waals surface area contributed by atoms with E-state index in [4.69, 9.17) is 23.2 Å². The lowest BCUT2D eigenvalue weighted by Crippen LogP contribution is -1.96. The SMILES string of the molecule is FC1(Br)C2CC3C(CC21)C3(Cl)Cl. The van der Waals surface area contributed by atoms with Crippen LogP contribution in [0.5, 0.6) is 0 Å². The van der Waals surface area contributed by atoms with Gasteiger partial charge in [-0.15, -0.1) is 23.2 Å². The van der Waals surface area contributed by atoms with Crippen LogP contribution in [0.25, 0.3) is 0 Å². The van der Waals surface area contributed by atoms with E-state index in [0.717, 1.165) is 12.8 Å². The molecule has 3 fully saturated rings. The highest BCUT2D eigenvalue weighted by Gasteiger charge is 2.77. The van der Waals surface area contributed by atoms with Crippen LogP contribution in [-0.4, -0.2) is 8.91 Å². The van der Waals surface area contributed by atoms with Gasteiger partial charge in [0.15, 0.2) is 4.58 Å². The van der Waals surface area contributed by atoms with Crippen LogP contribution in [0.2, 0.25) is 0 Å². The van der Waals surface area contributed by atoms with Crippen molar-refractivity contribution in [2.75, 3.05) is 0 Å². The van der Waals surface area contributed by atoms with Crippen LogP contribution in [-0.2, 0) is 0 Å². The molecule has 0 aliphatic heterocycles. The Hall–Kier alpha value is 0.990. The summed E-state index contributed by atoms with van der Waals surface area (Å²) in [7, 11) is 0. The maximum Gasteiger partial charge on any atom is 0.171 e. The van der Waals surface area contributed by atoms with Gasteiger partial charge in [-0.05, 0) is 40.6 Å². The van der Waals surface area contributed by atoms with Gasteiger partial charge >= 0.3 is 0 Å². The van der Waals surface area contributed by atoms with E-state index in [0.29, 0.717) is 11.8 Å². The average Bonchev–Trinajstić information content (AvgIpc) is 2.72. The number of alkyl halides is 4. The van der Waals surface area contributed by atoms with Gasteiger partial charge in [-0.3, -0.25) is 0 Å². The second-order valence-corrected chi connectivity index (χ2v) is 6.91. The van der Waals surface area contributed by atoms with Gasteiger partial charge in [0.25, 0.3) is 0 Å². The van der Waals surface area contributed by atoms with E-state index < -0.39 is 8.91 Å². The number of rotatable bonds is 0. The molecule has 0 N–H and O–H groups in total. The first kappa shape index (κ1) is 8.31. The fraction of sp³-hybridized carbons (Fsp3) is 1.00. The quantitative estimate of drug-likeness (QED) is 0.593. The minimum absolute atomic E-state index is 0.179. The Morgan fingerprint density at radius 2 is 1.50 bits per heavy atom. The third-order valence-electron chi connectivity index (χ3n) is 3.75. The third kappa shape index (κ3) is 0.802. The van der Waals surface area contributed by atoms with Crippen molar-refractivity contribution in [3.05, 3.63) is 0 Å². The summed E-state index contributed by atoms with van der Waals surface area (Å²) in [5, 5.41) is 0. The van der Waals surface area contributed by atoms with E-state index >= 15 is 0 Å². The third-order valence-corrected chi connectivity index (χ3v) is 6.04. The zero-order valence-electron chi connectivity index (χ0n) is 6.24. The molecule has 0 aromatic heterocycles. The van der Waals surface area contributed by atoms with E-state index in [-0.39, 0.29) is 11.8 Å². The molecule has 0 heterocycles. The summed E-state index contributed by atoms with van der Waals surface area (Å²) in [5.74, 6) is 1.07. The predicted molar refractivity (Wildman–Crippen MR) is 50.4 cm³/mol. The first-order valence-electron chi connectivity index (χ1n) is 4.21. The average molecular weight is 274 g/mol. The molecular formula is C8H8BrCl2F. The largest absolute Gasteiger partial charge is 0.231 e. The first-order valence-corrected chi connectivity index (χ1v) is 5.76. The molecule has 4 atom stereocenters. The number of hydrogen-bond donors (Lipinski definition) is 0. The minimum Gasteiger partial charge on any atom is -0.231 e. The van der Waals surface area contributed by atoms with Crippen LogP contribution < -0.4 is 0 Å². The fourth-order valence-corrected chi connectivity index (χ4v) is 4.47. The van der Waals surface area contributed by atoms with Gasteiger partial charge < -0.3 is 0 Å². The zero-order chi connectivity index (χ0) is 8.72. The van der Waals surface area contributed by atoms with Gasteiger partial charge in [0.1, 0.15) is 4.33 Å². The van der Waals surface area contributed by atoms with Crippen molar-refractivity contribution >= 4 is 39.1 Å². The van der Waals surface area contributed by atoms with Crippen molar-refractivity contribution in [2.24, 2.45) is 23.7 Å². The summed E-state index contributed by atoms with van der Waals surface area (Å²) in [6.07, 6.45) is 1.73. The lowest BCUT2D eigenvalue weighted by molar-refractivity contribution is 0.393. The maximum atomic E-state index is 13.4. The smallest absolute Gasteiger partial charge is 0.171 e. The summed E-state index contributed by atoms with van der Waals surface area (Å²) in [5.41, 5.74) is 0. The molecule has 12 heavy (non-hydrogen) atoms. The van der Waals surface area contributed by atoms with Gasteiger partial charge in [0, 0.05) is 11.8 Å². The fourth-order valence-electron chi connectivity index (χ4n) is 2.75. The molecule has 0 radical (unpaired) electrons. The molecule has 4 heteroatoms. The summed E-state index contributed by atoms with van der Waals surface area (Å²) >= 11 is 15.2. The highest BCUT2D eigenvalue weighted by molar-refractivity contribution is 9.10. The van der Waals surface area contributed by atoms with E-state index in [1.807, 2.05) is 0 Å². The first-order chi connectivity index (χ1) is 5.45. The Kier molecular flexibility index (Phi) is 1.38. The van der Waals surface area contributed by atoms with Crippen LogP contribution in [0, 0.1) is 23.7 Å². The molecule has 0 aromatic carbocycles. The molecular weight excluding hydrogens is 266 g/mol. The maximum absolute atomic E-state index is 13.4. The van der Waals surface area contributed by atoms with Crippen molar-refractivity contribution in [1.29, 1.82) is 0 Å². The van der Waals surface area contributed by atoms with E-state index in [9.17, 15) is 4.39 Å². The number of fused-ring (bicyclic) bond motifs is 2. The normalized spacial score (nSPS) is 65.0. The second kappa shape index (κ2) is 1.99. The molecule has 0 saturated heterocycles. The zero-order valence-corrected chi connectivity index (χ0v) is 9.33. The van der Waals surface area contributed by atoms with Gasteiger partial charge in [-0.2, -0.15) is 0 Å². The predicted octanol–water partition coefficient (Wildman–Crippen LogP) is 3.51. The number of hydrogen-bond acceptors (Lipinski definition) is 0. The van der Waals surface area contributed by atoms with E-state index in [2.05, 4.69) is 15.9 Å². The molecule has 68 valence electrons. The summed E-state index contributed by atoms with van der Waals surface area (Å²) in [4.78, 5) is 0. The highest BCUT2D eigenvalue weighted by atomic mass is 79.9. The van der Waals surface area contributed by atoms with Gasteiger partial charge in [-0.1, -0.05) is 0 Å². The van der Waals surface area contributed by atoms with Crippen molar-refractivity contribution in [3.63, 3.8) is 0 Å². The minimum atomic E-state index is -1.08. The van der Waals surface area contributed by atoms with Crippen LogP contribution >= 0.6 is 39.1 Å². The molecule has 0 spiro atoms. The molecule has 3 saturated carbocycles. The lowest BCUT2D eigenvalue weighted by atomic mass is 10.0. The Morgan fingerprint density at radius 1 is 1.08 bits per heavy atom. The van der Waals surface area contributed by atoms with Gasteiger partial charge in [0.05, 0.1) is 0 Å². The molecule has 0 amide bonds. The van der Waals surface area contributed by atoms with Crippen molar-refractivity contribution in [3.8, 4) is 0 Å². The Morgan fingerprint density at radius 3 is 1.92 bits per heavy atom. The number of halogens is 4. The summed E-state index contributed by atoms with van der Waals surface area (Å²) < 4.78 is 11.8. The van der Waals surface area contributed by atoms with E-state index in [1.165, 1.54) is 0 Å². The van der Waals surface area contributed by atoms with Crippen LogP contribution in [0.1, 0.15) is 12.8 Å². The topological polar surface area (TPSA) is 0 Å². The Balaban J connectivity index is 1.80. The second-order valence-electron chi connectivity index (χ2n) is 4.25. The molecule has 3 rings (SSSR count). The van der Waals surface area contributed by atoms with Crippen LogP contribution in [0.4, 0.5) is 4.39 Å². The summed E-state index contributed by atoms with van der Waals surface area (Å²) in [6.45, 7) is 0. The molecule has 0 bridgehead atoms. The van der Waals surface area contributed by atoms with Crippen molar-refractivity contribution < 1.29 is 4.39 Å². The lowest BCUT2D eigenvalue weighted by Gasteiger charge is -2.01. The monoisotopic (exact) mass is 272 g/mol. The molecule has 0 aromatic rings. The summed E-state index contributed by atoms with van der Waals surface area (Å²) in [6, 6.07) is 0. The molecule has 3 aliphatic rings. The molecule has 0 nitrogen and oxygen atoms in total. The Labute approximate surface area is 88.9 Å². The van der Waals surface area contributed by atoms with Crippen molar-refractivity contribution in [2.45, 2.75) is 21.8 Å². The van der Waals surface area contributed by atoms with Crippen molar-refractivity contribution in [1.82, 2.24) is 0 Å².